The van der Waals surface area contributed by atoms with Crippen molar-refractivity contribution in [1.29, 1.82) is 0 Å². The Morgan fingerprint density at radius 3 is 2.90 bits per heavy atom. The fraction of sp³-hybridized carbons (Fsp3) is 0.333. The Labute approximate surface area is 124 Å². The summed E-state index contributed by atoms with van der Waals surface area (Å²) >= 11 is 0. The second kappa shape index (κ2) is 7.01. The summed E-state index contributed by atoms with van der Waals surface area (Å²) in [5, 5.41) is 2.91. The van der Waals surface area contributed by atoms with Gasteiger partial charge >= 0.3 is 0 Å². The smallest absolute Gasteiger partial charge is 0.251 e. The summed E-state index contributed by atoms with van der Waals surface area (Å²) in [6, 6.07) is 7.10. The van der Waals surface area contributed by atoms with Crippen LogP contribution in [-0.2, 0) is 6.54 Å². The maximum atomic E-state index is 12.2. The number of likely N-dealkylation sites (N-methyl/N-ethyl adjacent to an activating group) is 1. The van der Waals surface area contributed by atoms with Crippen LogP contribution in [0.3, 0.4) is 0 Å². The maximum Gasteiger partial charge on any atom is 0.251 e. The topological polar surface area (TPSA) is 84.4 Å². The van der Waals surface area contributed by atoms with Gasteiger partial charge in [-0.25, -0.2) is 0 Å². The molecule has 1 atom stereocenters. The number of furan rings is 1. The van der Waals surface area contributed by atoms with E-state index in [9.17, 15) is 4.79 Å². The second-order valence-electron chi connectivity index (χ2n) is 4.94. The van der Waals surface area contributed by atoms with E-state index in [-0.39, 0.29) is 11.9 Å². The van der Waals surface area contributed by atoms with Crippen LogP contribution in [0.5, 0.6) is 0 Å². The van der Waals surface area contributed by atoms with Crippen LogP contribution >= 0.6 is 0 Å². The van der Waals surface area contributed by atoms with Crippen molar-refractivity contribution in [3.05, 3.63) is 53.7 Å². The fourth-order valence-corrected chi connectivity index (χ4v) is 2.04. The Hall–Kier alpha value is -2.18. The van der Waals surface area contributed by atoms with E-state index in [2.05, 4.69) is 10.3 Å². The molecule has 1 unspecified atom stereocenters. The highest BCUT2D eigenvalue weighted by Crippen LogP contribution is 2.17. The minimum Gasteiger partial charge on any atom is -0.468 e. The monoisotopic (exact) mass is 288 g/mol. The van der Waals surface area contributed by atoms with E-state index < -0.39 is 0 Å². The summed E-state index contributed by atoms with van der Waals surface area (Å²) in [6.07, 6.45) is 3.22. The van der Waals surface area contributed by atoms with Gasteiger partial charge < -0.3 is 15.5 Å². The van der Waals surface area contributed by atoms with Crippen molar-refractivity contribution in [2.45, 2.75) is 12.6 Å². The molecule has 0 bridgehead atoms. The number of nitrogens with zero attached hydrogens (tertiary/aromatic N) is 2. The molecular formula is C15H20N4O2. The molecule has 3 N–H and O–H groups in total. The zero-order valence-electron chi connectivity index (χ0n) is 12.2. The van der Waals surface area contributed by atoms with Gasteiger partial charge in [0.15, 0.2) is 0 Å². The zero-order valence-corrected chi connectivity index (χ0v) is 12.2. The third-order valence-electron chi connectivity index (χ3n) is 3.24. The van der Waals surface area contributed by atoms with Gasteiger partial charge in [0.25, 0.3) is 5.91 Å². The van der Waals surface area contributed by atoms with Crippen molar-refractivity contribution < 1.29 is 9.21 Å². The van der Waals surface area contributed by atoms with Crippen molar-refractivity contribution in [2.75, 3.05) is 20.6 Å². The molecule has 0 aliphatic carbocycles. The molecule has 2 rings (SSSR count). The van der Waals surface area contributed by atoms with Gasteiger partial charge in [0.1, 0.15) is 5.76 Å². The van der Waals surface area contributed by atoms with Gasteiger partial charge in [-0.05, 0) is 38.4 Å². The molecule has 0 saturated carbocycles. The summed E-state index contributed by atoms with van der Waals surface area (Å²) < 4.78 is 5.41. The molecule has 6 nitrogen and oxygen atoms in total. The fourth-order valence-electron chi connectivity index (χ4n) is 2.04. The van der Waals surface area contributed by atoms with Crippen molar-refractivity contribution >= 4 is 5.91 Å². The average molecular weight is 288 g/mol. The number of pyridine rings is 1. The predicted octanol–water partition coefficient (Wildman–Crippen LogP) is 1.17. The van der Waals surface area contributed by atoms with Gasteiger partial charge in [-0.2, -0.15) is 0 Å². The highest BCUT2D eigenvalue weighted by atomic mass is 16.3. The molecule has 0 aliphatic heterocycles. The third kappa shape index (κ3) is 3.90. The first kappa shape index (κ1) is 15.2. The van der Waals surface area contributed by atoms with Crippen LogP contribution in [0.2, 0.25) is 0 Å². The van der Waals surface area contributed by atoms with Crippen LogP contribution in [0.4, 0.5) is 0 Å². The van der Waals surface area contributed by atoms with E-state index in [0.29, 0.717) is 24.3 Å². The first-order valence-electron chi connectivity index (χ1n) is 6.75. The molecule has 0 saturated heterocycles. The number of nitrogens with one attached hydrogen (secondary N) is 1. The van der Waals surface area contributed by atoms with Crippen LogP contribution in [0.15, 0.2) is 41.1 Å². The molecule has 6 heteroatoms. The summed E-state index contributed by atoms with van der Waals surface area (Å²) in [5.41, 5.74) is 6.78. The van der Waals surface area contributed by atoms with E-state index in [1.165, 1.54) is 0 Å². The van der Waals surface area contributed by atoms with E-state index >= 15 is 0 Å². The normalized spacial score (nSPS) is 12.4. The lowest BCUT2D eigenvalue weighted by Gasteiger charge is -2.22. The molecular weight excluding hydrogens is 268 g/mol. The van der Waals surface area contributed by atoms with Crippen LogP contribution < -0.4 is 11.1 Å². The van der Waals surface area contributed by atoms with E-state index in [1.54, 1.807) is 24.6 Å². The zero-order chi connectivity index (χ0) is 15.2. The predicted molar refractivity (Wildman–Crippen MR) is 79.6 cm³/mol. The first-order chi connectivity index (χ1) is 10.1. The number of hydrogen-bond donors (Lipinski definition) is 2. The largest absolute Gasteiger partial charge is 0.468 e. The Kier molecular flexibility index (Phi) is 5.08. The molecule has 0 fully saturated rings. The Bertz CT molecular complexity index is 581. The van der Waals surface area contributed by atoms with Gasteiger partial charge in [0.05, 0.1) is 18.0 Å². The standard InChI is InChI=1S/C15H20N4O2/c1-19(2)13(14-4-3-7-21-14)10-18-15(20)11-5-6-17-12(8-11)9-16/h3-8,13H,9-10,16H2,1-2H3,(H,18,20). The van der Waals surface area contributed by atoms with Crippen LogP contribution in [0.25, 0.3) is 0 Å². The number of amides is 1. The van der Waals surface area contributed by atoms with Gasteiger partial charge in [-0.3, -0.25) is 14.7 Å². The number of carbonyl (C=O) groups is 1. The van der Waals surface area contributed by atoms with Gasteiger partial charge in [-0.15, -0.1) is 0 Å². The molecule has 0 aliphatic rings. The molecule has 1 amide bonds. The molecule has 2 heterocycles. The third-order valence-corrected chi connectivity index (χ3v) is 3.24. The lowest BCUT2D eigenvalue weighted by molar-refractivity contribution is 0.0939. The molecule has 0 aromatic carbocycles. The number of nitrogens with two attached hydrogens (primary N) is 1. The Morgan fingerprint density at radius 1 is 1.48 bits per heavy atom. The second-order valence-corrected chi connectivity index (χ2v) is 4.94. The van der Waals surface area contributed by atoms with Gasteiger partial charge in [0, 0.05) is 24.8 Å². The average Bonchev–Trinajstić information content (AvgIpc) is 3.01. The minimum absolute atomic E-state index is 0.0141. The van der Waals surface area contributed by atoms with Crippen molar-refractivity contribution in [3.8, 4) is 0 Å². The van der Waals surface area contributed by atoms with Gasteiger partial charge in [-0.1, -0.05) is 0 Å². The van der Waals surface area contributed by atoms with Crippen LogP contribution in [0.1, 0.15) is 27.9 Å². The first-order valence-corrected chi connectivity index (χ1v) is 6.75. The van der Waals surface area contributed by atoms with Crippen molar-refractivity contribution in [2.24, 2.45) is 5.73 Å². The van der Waals surface area contributed by atoms with E-state index in [4.69, 9.17) is 10.2 Å². The lowest BCUT2D eigenvalue weighted by atomic mass is 10.2. The Morgan fingerprint density at radius 2 is 2.29 bits per heavy atom. The SMILES string of the molecule is CN(C)C(CNC(=O)c1ccnc(CN)c1)c1ccco1. The molecule has 112 valence electrons. The summed E-state index contributed by atoms with van der Waals surface area (Å²) in [7, 11) is 3.89. The van der Waals surface area contributed by atoms with E-state index in [1.807, 2.05) is 31.1 Å². The minimum atomic E-state index is -0.148. The van der Waals surface area contributed by atoms with Crippen molar-refractivity contribution in [1.82, 2.24) is 15.2 Å². The molecule has 2 aromatic heterocycles. The highest BCUT2D eigenvalue weighted by Gasteiger charge is 2.18. The van der Waals surface area contributed by atoms with E-state index in [0.717, 1.165) is 5.76 Å². The maximum absolute atomic E-state index is 12.2. The number of carbonyl (C=O) groups excluding carboxylic acids is 1. The number of rotatable bonds is 6. The molecule has 0 spiro atoms. The van der Waals surface area contributed by atoms with Crippen molar-refractivity contribution in [3.63, 3.8) is 0 Å². The quantitative estimate of drug-likeness (QED) is 0.833. The number of aromatic nitrogens is 1. The van der Waals surface area contributed by atoms with Crippen LogP contribution in [0, 0.1) is 0 Å². The van der Waals surface area contributed by atoms with Crippen LogP contribution in [-0.4, -0.2) is 36.4 Å². The number of hydrogen-bond acceptors (Lipinski definition) is 5. The molecule has 0 radical (unpaired) electrons. The molecule has 21 heavy (non-hydrogen) atoms. The Balaban J connectivity index is 2.02. The summed E-state index contributed by atoms with van der Waals surface area (Å²) in [4.78, 5) is 18.3. The lowest BCUT2D eigenvalue weighted by Crippen LogP contribution is -2.34. The summed E-state index contributed by atoms with van der Waals surface area (Å²) in [6.45, 7) is 0.771. The van der Waals surface area contributed by atoms with Gasteiger partial charge in [0.2, 0.25) is 0 Å². The summed E-state index contributed by atoms with van der Waals surface area (Å²) in [5.74, 6) is 0.670. The highest BCUT2D eigenvalue weighted by molar-refractivity contribution is 5.94. The molecule has 2 aromatic rings.